The van der Waals surface area contributed by atoms with E-state index in [4.69, 9.17) is 10.8 Å². The van der Waals surface area contributed by atoms with Crippen LogP contribution in [0.3, 0.4) is 0 Å². The Balaban J connectivity index is 3.34. The SMILES string of the molecule is CNC(=O)C[C@H](N)CO. The lowest BCUT2D eigenvalue weighted by molar-refractivity contribution is -0.121. The molecule has 0 aliphatic carbocycles. The second-order valence-electron chi connectivity index (χ2n) is 1.82. The van der Waals surface area contributed by atoms with Gasteiger partial charge >= 0.3 is 0 Å². The maximum Gasteiger partial charge on any atom is 0.221 e. The van der Waals surface area contributed by atoms with E-state index in [0.29, 0.717) is 0 Å². The molecule has 0 fully saturated rings. The number of amides is 1. The van der Waals surface area contributed by atoms with Crippen LogP contribution in [-0.2, 0) is 4.79 Å². The van der Waals surface area contributed by atoms with Gasteiger partial charge in [0.15, 0.2) is 0 Å². The van der Waals surface area contributed by atoms with Crippen LogP contribution in [-0.4, -0.2) is 30.7 Å². The van der Waals surface area contributed by atoms with E-state index in [2.05, 4.69) is 5.32 Å². The summed E-state index contributed by atoms with van der Waals surface area (Å²) < 4.78 is 0. The second kappa shape index (κ2) is 4.29. The molecule has 54 valence electrons. The highest BCUT2D eigenvalue weighted by atomic mass is 16.3. The van der Waals surface area contributed by atoms with Gasteiger partial charge in [-0.15, -0.1) is 0 Å². The lowest BCUT2D eigenvalue weighted by atomic mass is 10.2. The van der Waals surface area contributed by atoms with Crippen LogP contribution >= 0.6 is 0 Å². The minimum atomic E-state index is -0.426. The third-order valence-corrected chi connectivity index (χ3v) is 0.961. The molecule has 0 rings (SSSR count). The number of carbonyl (C=O) groups is 1. The fourth-order valence-corrected chi connectivity index (χ4v) is 0.405. The quantitative estimate of drug-likeness (QED) is 0.435. The van der Waals surface area contributed by atoms with Gasteiger partial charge in [0.05, 0.1) is 6.61 Å². The van der Waals surface area contributed by atoms with Crippen molar-refractivity contribution in [2.24, 2.45) is 5.73 Å². The van der Waals surface area contributed by atoms with E-state index in [1.54, 1.807) is 0 Å². The van der Waals surface area contributed by atoms with Gasteiger partial charge in [0.25, 0.3) is 0 Å². The van der Waals surface area contributed by atoms with Crippen LogP contribution in [0.4, 0.5) is 0 Å². The molecule has 4 heteroatoms. The first-order chi connectivity index (χ1) is 4.20. The van der Waals surface area contributed by atoms with Crippen molar-refractivity contribution in [2.45, 2.75) is 12.5 Å². The number of aliphatic hydroxyl groups is 1. The average Bonchev–Trinajstić information content (AvgIpc) is 1.87. The van der Waals surface area contributed by atoms with Crippen molar-refractivity contribution in [1.82, 2.24) is 5.32 Å². The van der Waals surface area contributed by atoms with E-state index < -0.39 is 6.04 Å². The summed E-state index contributed by atoms with van der Waals surface area (Å²) in [4.78, 5) is 10.5. The zero-order chi connectivity index (χ0) is 7.28. The first-order valence-electron chi connectivity index (χ1n) is 2.77. The zero-order valence-corrected chi connectivity index (χ0v) is 5.42. The van der Waals surface area contributed by atoms with Gasteiger partial charge in [-0.3, -0.25) is 4.79 Å². The van der Waals surface area contributed by atoms with Crippen molar-refractivity contribution in [3.63, 3.8) is 0 Å². The van der Waals surface area contributed by atoms with Crippen LogP contribution in [0, 0.1) is 0 Å². The molecule has 0 saturated heterocycles. The molecule has 0 aromatic rings. The first-order valence-corrected chi connectivity index (χ1v) is 2.77. The van der Waals surface area contributed by atoms with Gasteiger partial charge < -0.3 is 16.2 Å². The van der Waals surface area contributed by atoms with Crippen molar-refractivity contribution < 1.29 is 9.90 Å². The third-order valence-electron chi connectivity index (χ3n) is 0.961. The Hall–Kier alpha value is -0.610. The molecule has 0 aliphatic rings. The number of rotatable bonds is 3. The Morgan fingerprint density at radius 3 is 2.78 bits per heavy atom. The van der Waals surface area contributed by atoms with E-state index in [1.807, 2.05) is 0 Å². The Kier molecular flexibility index (Phi) is 4.00. The van der Waals surface area contributed by atoms with Crippen molar-refractivity contribution in [3.8, 4) is 0 Å². The molecule has 0 unspecified atom stereocenters. The van der Waals surface area contributed by atoms with Crippen LogP contribution in [0.25, 0.3) is 0 Å². The fraction of sp³-hybridized carbons (Fsp3) is 0.800. The summed E-state index contributed by atoms with van der Waals surface area (Å²) in [5.74, 6) is -0.142. The number of nitrogens with one attached hydrogen (secondary N) is 1. The molecule has 0 aromatic carbocycles. The van der Waals surface area contributed by atoms with Crippen molar-refractivity contribution >= 4 is 5.91 Å². The Morgan fingerprint density at radius 2 is 2.44 bits per heavy atom. The molecule has 4 N–H and O–H groups in total. The van der Waals surface area contributed by atoms with Crippen LogP contribution in [0.5, 0.6) is 0 Å². The third kappa shape index (κ3) is 3.93. The van der Waals surface area contributed by atoms with E-state index >= 15 is 0 Å². The van der Waals surface area contributed by atoms with Gasteiger partial charge in [-0.05, 0) is 0 Å². The molecule has 0 bridgehead atoms. The standard InChI is InChI=1S/C5H12N2O2/c1-7-5(9)2-4(6)3-8/h4,8H,2-3,6H2,1H3,(H,7,9)/t4-/m0/s1. The summed E-state index contributed by atoms with van der Waals surface area (Å²) in [6, 6.07) is -0.426. The highest BCUT2D eigenvalue weighted by molar-refractivity contribution is 5.76. The minimum absolute atomic E-state index is 0.142. The summed E-state index contributed by atoms with van der Waals surface area (Å²) in [5, 5.41) is 10.8. The molecule has 0 heterocycles. The lowest BCUT2D eigenvalue weighted by Crippen LogP contribution is -2.32. The minimum Gasteiger partial charge on any atom is -0.395 e. The summed E-state index contributed by atoms with van der Waals surface area (Å²) in [7, 11) is 1.53. The van der Waals surface area contributed by atoms with Crippen LogP contribution in [0.15, 0.2) is 0 Å². The molecular formula is C5H12N2O2. The maximum absolute atomic E-state index is 10.5. The molecule has 0 radical (unpaired) electrons. The lowest BCUT2D eigenvalue weighted by Gasteiger charge is -2.04. The number of hydrogen-bond acceptors (Lipinski definition) is 3. The highest BCUT2D eigenvalue weighted by Gasteiger charge is 2.04. The molecule has 4 nitrogen and oxygen atoms in total. The number of hydrogen-bond donors (Lipinski definition) is 3. The van der Waals surface area contributed by atoms with Crippen molar-refractivity contribution in [3.05, 3.63) is 0 Å². The van der Waals surface area contributed by atoms with Crippen LogP contribution < -0.4 is 11.1 Å². The molecule has 0 spiro atoms. The van der Waals surface area contributed by atoms with Crippen molar-refractivity contribution in [2.75, 3.05) is 13.7 Å². The maximum atomic E-state index is 10.5. The molecule has 1 amide bonds. The molecule has 1 atom stereocenters. The van der Waals surface area contributed by atoms with E-state index in [1.165, 1.54) is 7.05 Å². The van der Waals surface area contributed by atoms with E-state index in [0.717, 1.165) is 0 Å². The molecule has 9 heavy (non-hydrogen) atoms. The first kappa shape index (κ1) is 8.39. The smallest absolute Gasteiger partial charge is 0.221 e. The molecule has 0 saturated carbocycles. The highest BCUT2D eigenvalue weighted by Crippen LogP contribution is 1.83. The Labute approximate surface area is 54.0 Å². The summed E-state index contributed by atoms with van der Waals surface area (Å²) in [5.41, 5.74) is 5.24. The van der Waals surface area contributed by atoms with E-state index in [9.17, 15) is 4.79 Å². The number of nitrogens with two attached hydrogens (primary N) is 1. The summed E-state index contributed by atoms with van der Waals surface area (Å²) >= 11 is 0. The Bertz CT molecular complexity index is 95.0. The van der Waals surface area contributed by atoms with Gasteiger partial charge in [-0.25, -0.2) is 0 Å². The topological polar surface area (TPSA) is 75.4 Å². The van der Waals surface area contributed by atoms with Gasteiger partial charge in [-0.1, -0.05) is 0 Å². The van der Waals surface area contributed by atoms with Gasteiger partial charge in [-0.2, -0.15) is 0 Å². The van der Waals surface area contributed by atoms with Gasteiger partial charge in [0.1, 0.15) is 0 Å². The van der Waals surface area contributed by atoms with Crippen LogP contribution in [0.1, 0.15) is 6.42 Å². The normalized spacial score (nSPS) is 12.8. The molecular weight excluding hydrogens is 120 g/mol. The Morgan fingerprint density at radius 1 is 1.89 bits per heavy atom. The number of aliphatic hydroxyl groups excluding tert-OH is 1. The second-order valence-corrected chi connectivity index (χ2v) is 1.82. The molecule has 0 aromatic heterocycles. The van der Waals surface area contributed by atoms with Gasteiger partial charge in [0.2, 0.25) is 5.91 Å². The van der Waals surface area contributed by atoms with Gasteiger partial charge in [0, 0.05) is 19.5 Å². The predicted octanol–water partition coefficient (Wildman–Crippen LogP) is -1.56. The predicted molar refractivity (Wildman–Crippen MR) is 33.7 cm³/mol. The van der Waals surface area contributed by atoms with Crippen LogP contribution in [0.2, 0.25) is 0 Å². The summed E-state index contributed by atoms with van der Waals surface area (Å²) in [6.07, 6.45) is 0.188. The zero-order valence-electron chi connectivity index (χ0n) is 5.42. The molecule has 0 aliphatic heterocycles. The number of carbonyl (C=O) groups excluding carboxylic acids is 1. The van der Waals surface area contributed by atoms with E-state index in [-0.39, 0.29) is 18.9 Å². The fourth-order valence-electron chi connectivity index (χ4n) is 0.405. The summed E-state index contributed by atoms with van der Waals surface area (Å²) in [6.45, 7) is -0.145. The monoisotopic (exact) mass is 132 g/mol. The van der Waals surface area contributed by atoms with Crippen molar-refractivity contribution in [1.29, 1.82) is 0 Å². The largest absolute Gasteiger partial charge is 0.395 e. The average molecular weight is 132 g/mol.